The number of ether oxygens (including phenoxy) is 1. The van der Waals surface area contributed by atoms with Crippen molar-refractivity contribution in [3.05, 3.63) is 39.8 Å². The highest BCUT2D eigenvalue weighted by Gasteiger charge is 2.62. The molecule has 0 N–H and O–H groups in total. The van der Waals surface area contributed by atoms with E-state index < -0.39 is 5.92 Å². The maximum Gasteiger partial charge on any atom is 0.279 e. The Balaban J connectivity index is 1.38. The fourth-order valence-electron chi connectivity index (χ4n) is 5.84. The first-order valence-corrected chi connectivity index (χ1v) is 11.6. The number of aryl methyl sites for hydroxylation is 2. The van der Waals surface area contributed by atoms with Crippen molar-refractivity contribution >= 4 is 17.0 Å². The van der Waals surface area contributed by atoms with Crippen molar-refractivity contribution in [1.29, 1.82) is 0 Å². The molecule has 1 aliphatic heterocycles. The number of fused-ring (bicyclic) bond motifs is 1. The molecule has 0 bridgehead atoms. The molecule has 9 nitrogen and oxygen atoms in total. The van der Waals surface area contributed by atoms with Crippen LogP contribution in [0.15, 0.2) is 17.2 Å². The van der Waals surface area contributed by atoms with Gasteiger partial charge in [-0.05, 0) is 25.2 Å². The van der Waals surface area contributed by atoms with Gasteiger partial charge in [-0.2, -0.15) is 5.10 Å². The lowest BCUT2D eigenvalue weighted by Crippen LogP contribution is -2.53. The summed E-state index contributed by atoms with van der Waals surface area (Å²) >= 11 is 0. The van der Waals surface area contributed by atoms with Crippen molar-refractivity contribution in [3.63, 3.8) is 0 Å². The van der Waals surface area contributed by atoms with Crippen LogP contribution in [0.25, 0.3) is 11.0 Å². The maximum atomic E-state index is 13.6. The normalized spacial score (nSPS) is 23.8. The second-order valence-corrected chi connectivity index (χ2v) is 10.2. The minimum Gasteiger partial charge on any atom is -0.370 e. The summed E-state index contributed by atoms with van der Waals surface area (Å²) in [6.45, 7) is 3.37. The van der Waals surface area contributed by atoms with Gasteiger partial charge in [0.15, 0.2) is 5.52 Å². The standard InChI is InChI=1S/C23H27F2N7O2/c1-13-27-18-17(14-6-22(7-14)11-23(24,25)12-22)28-21(29-19(18)20(33)31(13)3)32-4-5-34-16(10-32)15-8-26-30(2)9-15/h8-9,14,16H,4-7,10-12H2,1-3H3/t16-/m1/s1. The lowest BCUT2D eigenvalue weighted by molar-refractivity contribution is -0.196. The molecule has 1 atom stereocenters. The van der Waals surface area contributed by atoms with E-state index in [0.717, 1.165) is 5.56 Å². The van der Waals surface area contributed by atoms with Gasteiger partial charge >= 0.3 is 0 Å². The summed E-state index contributed by atoms with van der Waals surface area (Å²) < 4.78 is 36.3. The molecule has 180 valence electrons. The third kappa shape index (κ3) is 3.40. The molecule has 11 heteroatoms. The predicted octanol–water partition coefficient (Wildman–Crippen LogP) is 2.64. The van der Waals surface area contributed by atoms with E-state index in [2.05, 4.69) is 15.1 Å². The Morgan fingerprint density at radius 1 is 1.12 bits per heavy atom. The van der Waals surface area contributed by atoms with Gasteiger partial charge in [-0.25, -0.2) is 23.7 Å². The molecular weight excluding hydrogens is 444 g/mol. The largest absolute Gasteiger partial charge is 0.370 e. The molecule has 3 aromatic rings. The molecule has 6 rings (SSSR count). The first-order valence-electron chi connectivity index (χ1n) is 11.6. The van der Waals surface area contributed by atoms with Gasteiger partial charge in [-0.3, -0.25) is 14.0 Å². The Bertz CT molecular complexity index is 1340. The van der Waals surface area contributed by atoms with E-state index in [1.807, 2.05) is 18.1 Å². The Hall–Kier alpha value is -2.95. The molecule has 1 spiro atoms. The molecular formula is C23H27F2N7O2. The van der Waals surface area contributed by atoms with Gasteiger partial charge in [-0.1, -0.05) is 0 Å². The highest BCUT2D eigenvalue weighted by molar-refractivity contribution is 5.78. The summed E-state index contributed by atoms with van der Waals surface area (Å²) in [4.78, 5) is 29.3. The van der Waals surface area contributed by atoms with Crippen molar-refractivity contribution in [2.45, 2.75) is 50.6 Å². The molecule has 2 saturated carbocycles. The third-order valence-electron chi connectivity index (χ3n) is 7.62. The Kier molecular flexibility index (Phi) is 4.61. The number of rotatable bonds is 3. The van der Waals surface area contributed by atoms with Gasteiger partial charge in [0.2, 0.25) is 11.9 Å². The second-order valence-electron chi connectivity index (χ2n) is 10.2. The molecule has 2 aliphatic carbocycles. The van der Waals surface area contributed by atoms with Crippen molar-refractivity contribution in [2.24, 2.45) is 19.5 Å². The summed E-state index contributed by atoms with van der Waals surface area (Å²) in [7, 11) is 3.53. The summed E-state index contributed by atoms with van der Waals surface area (Å²) in [5, 5.41) is 4.23. The summed E-state index contributed by atoms with van der Waals surface area (Å²) in [6.07, 6.45) is 4.69. The zero-order valence-electron chi connectivity index (χ0n) is 19.5. The van der Waals surface area contributed by atoms with Gasteiger partial charge in [-0.15, -0.1) is 0 Å². The lowest BCUT2D eigenvalue weighted by Gasteiger charge is -2.57. The van der Waals surface area contributed by atoms with Crippen molar-refractivity contribution in [2.75, 3.05) is 24.6 Å². The average molecular weight is 472 g/mol. The minimum atomic E-state index is -2.55. The molecule has 0 amide bonds. The van der Waals surface area contributed by atoms with Crippen LogP contribution in [0.1, 0.15) is 54.8 Å². The average Bonchev–Trinajstić information content (AvgIpc) is 3.20. The zero-order valence-corrected chi connectivity index (χ0v) is 19.5. The lowest BCUT2D eigenvalue weighted by atomic mass is 9.49. The van der Waals surface area contributed by atoms with Gasteiger partial charge in [0.25, 0.3) is 5.56 Å². The van der Waals surface area contributed by atoms with Crippen molar-refractivity contribution in [3.8, 4) is 0 Å². The van der Waals surface area contributed by atoms with E-state index in [1.165, 1.54) is 4.57 Å². The molecule has 3 aromatic heterocycles. The highest BCUT2D eigenvalue weighted by Crippen LogP contribution is 2.67. The van der Waals surface area contributed by atoms with Crippen molar-refractivity contribution in [1.82, 2.24) is 29.3 Å². The molecule has 3 aliphatic rings. The number of nitrogens with zero attached hydrogens (tertiary/aromatic N) is 7. The van der Waals surface area contributed by atoms with Gasteiger partial charge < -0.3 is 9.64 Å². The zero-order chi connectivity index (χ0) is 23.8. The van der Waals surface area contributed by atoms with Crippen LogP contribution in [0.5, 0.6) is 0 Å². The Labute approximate surface area is 194 Å². The monoisotopic (exact) mass is 471 g/mol. The molecule has 34 heavy (non-hydrogen) atoms. The number of anilines is 1. The van der Waals surface area contributed by atoms with E-state index in [-0.39, 0.29) is 41.4 Å². The van der Waals surface area contributed by atoms with Gasteiger partial charge in [0.1, 0.15) is 17.4 Å². The van der Waals surface area contributed by atoms with Gasteiger partial charge in [0.05, 0.1) is 25.0 Å². The van der Waals surface area contributed by atoms with Crippen LogP contribution in [0.4, 0.5) is 14.7 Å². The van der Waals surface area contributed by atoms with Gasteiger partial charge in [0, 0.05) is 51.2 Å². The van der Waals surface area contributed by atoms with E-state index >= 15 is 0 Å². The fraction of sp³-hybridized carbons (Fsp3) is 0.609. The highest BCUT2D eigenvalue weighted by atomic mass is 19.3. The van der Waals surface area contributed by atoms with Crippen LogP contribution >= 0.6 is 0 Å². The first kappa shape index (κ1) is 21.6. The maximum absolute atomic E-state index is 13.6. The number of hydrogen-bond acceptors (Lipinski definition) is 7. The van der Waals surface area contributed by atoms with Crippen LogP contribution < -0.4 is 10.5 Å². The number of hydrogen-bond donors (Lipinski definition) is 0. The third-order valence-corrected chi connectivity index (χ3v) is 7.62. The van der Waals surface area contributed by atoms with E-state index in [1.54, 1.807) is 24.9 Å². The molecule has 1 saturated heterocycles. The molecule has 0 aromatic carbocycles. The summed E-state index contributed by atoms with van der Waals surface area (Å²) in [6, 6.07) is 0. The van der Waals surface area contributed by atoms with E-state index in [0.29, 0.717) is 55.5 Å². The number of halogens is 2. The van der Waals surface area contributed by atoms with E-state index in [9.17, 15) is 13.6 Å². The van der Waals surface area contributed by atoms with Crippen LogP contribution in [0.2, 0.25) is 0 Å². The molecule has 4 heterocycles. The number of morpholine rings is 1. The minimum absolute atomic E-state index is 0.00508. The smallest absolute Gasteiger partial charge is 0.279 e. The molecule has 0 unspecified atom stereocenters. The Morgan fingerprint density at radius 3 is 2.56 bits per heavy atom. The summed E-state index contributed by atoms with van der Waals surface area (Å²) in [5.74, 6) is -1.52. The topological polar surface area (TPSA) is 91.0 Å². The second kappa shape index (κ2) is 7.27. The van der Waals surface area contributed by atoms with Crippen LogP contribution in [-0.4, -0.2) is 54.9 Å². The predicted molar refractivity (Wildman–Crippen MR) is 120 cm³/mol. The quantitative estimate of drug-likeness (QED) is 0.580. The SMILES string of the molecule is Cc1nc2c(C3CC4(C3)CC(F)(F)C4)nc(N3CCO[C@@H](c4cnn(C)c4)C3)nc2c(=O)n1C. The van der Waals surface area contributed by atoms with Crippen LogP contribution in [0, 0.1) is 12.3 Å². The number of alkyl halides is 2. The van der Waals surface area contributed by atoms with Crippen LogP contribution in [-0.2, 0) is 18.8 Å². The fourth-order valence-corrected chi connectivity index (χ4v) is 5.84. The molecule has 0 radical (unpaired) electrons. The van der Waals surface area contributed by atoms with E-state index in [4.69, 9.17) is 9.72 Å². The van der Waals surface area contributed by atoms with Crippen molar-refractivity contribution < 1.29 is 13.5 Å². The Morgan fingerprint density at radius 2 is 1.88 bits per heavy atom. The molecule has 3 fully saturated rings. The first-order chi connectivity index (χ1) is 16.1. The number of aromatic nitrogens is 6. The van der Waals surface area contributed by atoms with Crippen LogP contribution in [0.3, 0.4) is 0 Å². The summed E-state index contributed by atoms with van der Waals surface area (Å²) in [5.41, 5.74) is 1.91.